The second-order valence-electron chi connectivity index (χ2n) is 4.23. The Kier molecular flexibility index (Phi) is 3.68. The van der Waals surface area contributed by atoms with Gasteiger partial charge in [0.1, 0.15) is 0 Å². The molecule has 6 heteroatoms. The molecule has 0 amide bonds. The van der Waals surface area contributed by atoms with E-state index in [0.29, 0.717) is 11.9 Å². The summed E-state index contributed by atoms with van der Waals surface area (Å²) in [6.07, 6.45) is 0.477. The minimum atomic E-state index is -3.97. The molecule has 0 bridgehead atoms. The third-order valence-electron chi connectivity index (χ3n) is 2.91. The second-order valence-corrected chi connectivity index (χ2v) is 7.45. The molecule has 0 fully saturated rings. The van der Waals surface area contributed by atoms with Gasteiger partial charge in [0.05, 0.1) is 10.2 Å². The first kappa shape index (κ1) is 13.4. The number of rotatable bonds is 4. The molecule has 2 atom stereocenters. The highest BCUT2D eigenvalue weighted by Gasteiger charge is 2.34. The van der Waals surface area contributed by atoms with Crippen LogP contribution in [0.25, 0.3) is 10.2 Å². The number of halogens is 1. The molecule has 3 nitrogen and oxygen atoms in total. The van der Waals surface area contributed by atoms with E-state index >= 15 is 0 Å². The normalized spacial score (nSPS) is 15.7. The third kappa shape index (κ3) is 2.27. The number of thiazole rings is 1. The molecule has 2 aromatic rings. The van der Waals surface area contributed by atoms with Crippen LogP contribution in [-0.4, -0.2) is 18.9 Å². The van der Waals surface area contributed by atoms with E-state index in [1.165, 1.54) is 0 Å². The molecule has 1 aromatic heterocycles. The van der Waals surface area contributed by atoms with Gasteiger partial charge in [0.2, 0.25) is 19.7 Å². The van der Waals surface area contributed by atoms with Crippen molar-refractivity contribution in [3.8, 4) is 0 Å². The van der Waals surface area contributed by atoms with E-state index in [4.69, 9.17) is 0 Å². The van der Waals surface area contributed by atoms with Gasteiger partial charge in [-0.3, -0.25) is 0 Å². The van der Waals surface area contributed by atoms with Gasteiger partial charge in [-0.05, 0) is 18.6 Å². The van der Waals surface area contributed by atoms with Crippen LogP contribution in [0.5, 0.6) is 0 Å². The Morgan fingerprint density at radius 2 is 2.06 bits per heavy atom. The van der Waals surface area contributed by atoms with E-state index in [1.807, 2.05) is 0 Å². The van der Waals surface area contributed by atoms with Crippen molar-refractivity contribution < 1.29 is 12.8 Å². The van der Waals surface area contributed by atoms with E-state index < -0.39 is 21.3 Å². The van der Waals surface area contributed by atoms with Crippen LogP contribution in [0.4, 0.5) is 4.39 Å². The van der Waals surface area contributed by atoms with Crippen LogP contribution in [0.2, 0.25) is 0 Å². The van der Waals surface area contributed by atoms with Crippen molar-refractivity contribution in [2.75, 3.05) is 0 Å². The van der Waals surface area contributed by atoms with Crippen LogP contribution in [0, 0.1) is 5.92 Å². The lowest BCUT2D eigenvalue weighted by Crippen LogP contribution is -2.23. The van der Waals surface area contributed by atoms with Gasteiger partial charge < -0.3 is 0 Å². The predicted octanol–water partition coefficient (Wildman–Crippen LogP) is 3.41. The first-order valence-electron chi connectivity index (χ1n) is 5.70. The summed E-state index contributed by atoms with van der Waals surface area (Å²) in [4.78, 5) is 4.01. The average molecular weight is 287 g/mol. The van der Waals surface area contributed by atoms with E-state index in [-0.39, 0.29) is 4.34 Å². The van der Waals surface area contributed by atoms with Gasteiger partial charge in [-0.25, -0.2) is 17.8 Å². The summed E-state index contributed by atoms with van der Waals surface area (Å²) < 4.78 is 38.7. The summed E-state index contributed by atoms with van der Waals surface area (Å²) in [6.45, 7) is 3.36. The highest BCUT2D eigenvalue weighted by molar-refractivity contribution is 7.93. The van der Waals surface area contributed by atoms with Crippen molar-refractivity contribution >= 4 is 31.4 Å². The van der Waals surface area contributed by atoms with Crippen LogP contribution >= 0.6 is 11.3 Å². The molecule has 1 heterocycles. The lowest BCUT2D eigenvalue weighted by atomic mass is 10.1. The maximum absolute atomic E-state index is 14.0. The smallest absolute Gasteiger partial charge is 0.229 e. The van der Waals surface area contributed by atoms with Crippen molar-refractivity contribution in [1.29, 1.82) is 0 Å². The second kappa shape index (κ2) is 4.93. The molecule has 18 heavy (non-hydrogen) atoms. The average Bonchev–Trinajstić information content (AvgIpc) is 2.81. The molecule has 98 valence electrons. The summed E-state index contributed by atoms with van der Waals surface area (Å²) in [5, 5.41) is 0. The van der Waals surface area contributed by atoms with Crippen LogP contribution < -0.4 is 0 Å². The van der Waals surface area contributed by atoms with Gasteiger partial charge >= 0.3 is 0 Å². The summed E-state index contributed by atoms with van der Waals surface area (Å²) in [7, 11) is -3.97. The predicted molar refractivity (Wildman–Crippen MR) is 71.2 cm³/mol. The molecule has 0 aliphatic rings. The fraction of sp³-hybridized carbons (Fsp3) is 0.417. The Balaban J connectivity index is 2.46. The highest BCUT2D eigenvalue weighted by Crippen LogP contribution is 2.30. The lowest BCUT2D eigenvalue weighted by Gasteiger charge is -2.13. The quantitative estimate of drug-likeness (QED) is 0.865. The van der Waals surface area contributed by atoms with Gasteiger partial charge in [-0.1, -0.05) is 26.0 Å². The monoisotopic (exact) mass is 287 g/mol. The van der Waals surface area contributed by atoms with Crippen molar-refractivity contribution in [2.45, 2.75) is 30.1 Å². The van der Waals surface area contributed by atoms with Crippen molar-refractivity contribution in [2.24, 2.45) is 5.92 Å². The lowest BCUT2D eigenvalue weighted by molar-refractivity contribution is 0.316. The molecule has 0 radical (unpaired) electrons. The Bertz CT molecular complexity index is 618. The summed E-state index contributed by atoms with van der Waals surface area (Å²) in [5.74, 6) is -0.526. The number of alkyl halides is 1. The summed E-state index contributed by atoms with van der Waals surface area (Å²) >= 11 is 1.02. The minimum Gasteiger partial charge on any atom is -0.229 e. The zero-order valence-corrected chi connectivity index (χ0v) is 11.8. The molecule has 1 aromatic carbocycles. The number of benzene rings is 1. The fourth-order valence-corrected chi connectivity index (χ4v) is 4.49. The van der Waals surface area contributed by atoms with E-state index in [2.05, 4.69) is 4.98 Å². The number of sulfone groups is 1. The molecule has 0 saturated heterocycles. The van der Waals surface area contributed by atoms with Crippen LogP contribution in [-0.2, 0) is 9.84 Å². The molecule has 0 aliphatic heterocycles. The van der Waals surface area contributed by atoms with Crippen molar-refractivity contribution in [3.63, 3.8) is 0 Å². The number of aromatic nitrogens is 1. The molecule has 0 N–H and O–H groups in total. The number of hydrogen-bond donors (Lipinski definition) is 0. The van der Waals surface area contributed by atoms with Crippen molar-refractivity contribution in [3.05, 3.63) is 24.3 Å². The van der Waals surface area contributed by atoms with Crippen LogP contribution in [0.3, 0.4) is 0 Å². The third-order valence-corrected chi connectivity index (χ3v) is 6.32. The number of fused-ring (bicyclic) bond motifs is 1. The molecule has 0 aliphatic carbocycles. The zero-order valence-electron chi connectivity index (χ0n) is 10.1. The first-order chi connectivity index (χ1) is 8.46. The van der Waals surface area contributed by atoms with Gasteiger partial charge in [-0.15, -0.1) is 11.3 Å². The van der Waals surface area contributed by atoms with Crippen molar-refractivity contribution in [1.82, 2.24) is 4.98 Å². The Hall–Kier alpha value is -1.01. The molecule has 2 unspecified atom stereocenters. The van der Waals surface area contributed by atoms with E-state index in [0.717, 1.165) is 16.0 Å². The molecule has 0 saturated carbocycles. The zero-order chi connectivity index (χ0) is 13.3. The van der Waals surface area contributed by atoms with Gasteiger partial charge in [-0.2, -0.15) is 0 Å². The SMILES string of the molecule is CCC(C)C(F)S(=O)(=O)c1nc2ccccc2s1. The number of hydrogen-bond acceptors (Lipinski definition) is 4. The number of para-hydroxylation sites is 1. The number of nitrogens with zero attached hydrogens (tertiary/aromatic N) is 1. The molecule has 2 rings (SSSR count). The Morgan fingerprint density at radius 3 is 2.67 bits per heavy atom. The molecular weight excluding hydrogens is 273 g/mol. The van der Waals surface area contributed by atoms with Gasteiger partial charge in [0.25, 0.3) is 0 Å². The highest BCUT2D eigenvalue weighted by atomic mass is 32.2. The largest absolute Gasteiger partial charge is 0.237 e. The summed E-state index contributed by atoms with van der Waals surface area (Å²) in [5.41, 5.74) is -1.29. The summed E-state index contributed by atoms with van der Waals surface area (Å²) in [6, 6.07) is 7.09. The molecular formula is C12H14FNO2S2. The Morgan fingerprint density at radius 1 is 1.39 bits per heavy atom. The standard InChI is InChI=1S/C12H14FNO2S2/c1-3-8(2)11(13)18(15,16)12-14-9-6-4-5-7-10(9)17-12/h4-8,11H,3H2,1-2H3. The maximum atomic E-state index is 14.0. The van der Waals surface area contributed by atoms with Gasteiger partial charge in [0, 0.05) is 5.92 Å². The fourth-order valence-electron chi connectivity index (χ4n) is 1.56. The molecule has 0 spiro atoms. The minimum absolute atomic E-state index is 0.128. The van der Waals surface area contributed by atoms with Gasteiger partial charge in [0.15, 0.2) is 0 Å². The van der Waals surface area contributed by atoms with Crippen LogP contribution in [0.1, 0.15) is 20.3 Å². The van der Waals surface area contributed by atoms with E-state index in [9.17, 15) is 12.8 Å². The van der Waals surface area contributed by atoms with Crippen LogP contribution in [0.15, 0.2) is 28.6 Å². The Labute approximate surface area is 110 Å². The topological polar surface area (TPSA) is 47.0 Å². The maximum Gasteiger partial charge on any atom is 0.237 e. The van der Waals surface area contributed by atoms with E-state index in [1.54, 1.807) is 38.1 Å². The first-order valence-corrected chi connectivity index (χ1v) is 8.06.